The van der Waals surface area contributed by atoms with Crippen LogP contribution in [0.4, 0.5) is 11.8 Å². The first kappa shape index (κ1) is 11.1. The Morgan fingerprint density at radius 2 is 2.00 bits per heavy atom. The van der Waals surface area contributed by atoms with E-state index in [1.165, 1.54) is 0 Å². The fraction of sp³-hybridized carbons (Fsp3) is 0.400. The number of carbonyl (C=O) groups excluding carboxylic acids is 1. The molecule has 7 heteroatoms. The molecule has 1 aromatic heterocycles. The average Bonchev–Trinajstić information content (AvgIpc) is 2.81. The van der Waals surface area contributed by atoms with E-state index in [1.54, 1.807) is 6.07 Å². The zero-order chi connectivity index (χ0) is 12.4. The standard InChI is InChI=1S/C10H12N6O/c11-5-6-7(9(13)17)14-10(15-8(6)12)16-3-1-2-4-16/h1-4H2,(H2,13,17)(H2,12,14,15). The molecular formula is C10H12N6O. The largest absolute Gasteiger partial charge is 0.382 e. The van der Waals surface area contributed by atoms with Gasteiger partial charge in [0.15, 0.2) is 5.69 Å². The number of aromatic nitrogens is 2. The molecule has 17 heavy (non-hydrogen) atoms. The second-order valence-corrected chi connectivity index (χ2v) is 3.80. The van der Waals surface area contributed by atoms with Crippen LogP contribution in [-0.4, -0.2) is 29.0 Å². The van der Waals surface area contributed by atoms with Crippen molar-refractivity contribution in [2.75, 3.05) is 23.7 Å². The third-order valence-electron chi connectivity index (χ3n) is 2.66. The molecule has 0 aromatic carbocycles. The van der Waals surface area contributed by atoms with Gasteiger partial charge in [0.05, 0.1) is 0 Å². The number of carbonyl (C=O) groups is 1. The van der Waals surface area contributed by atoms with Crippen molar-refractivity contribution in [2.45, 2.75) is 12.8 Å². The van der Waals surface area contributed by atoms with Gasteiger partial charge in [-0.3, -0.25) is 4.79 Å². The van der Waals surface area contributed by atoms with Gasteiger partial charge < -0.3 is 16.4 Å². The van der Waals surface area contributed by atoms with Gasteiger partial charge in [0.2, 0.25) is 5.95 Å². The summed E-state index contributed by atoms with van der Waals surface area (Å²) in [6.45, 7) is 1.65. The average molecular weight is 232 g/mol. The summed E-state index contributed by atoms with van der Waals surface area (Å²) in [6, 6.07) is 1.79. The minimum Gasteiger partial charge on any atom is -0.382 e. The number of amides is 1. The molecule has 0 saturated carbocycles. The lowest BCUT2D eigenvalue weighted by Crippen LogP contribution is -2.24. The molecule has 1 aromatic rings. The molecule has 88 valence electrons. The topological polar surface area (TPSA) is 122 Å². The summed E-state index contributed by atoms with van der Waals surface area (Å²) < 4.78 is 0. The maximum absolute atomic E-state index is 11.2. The molecule has 0 radical (unpaired) electrons. The van der Waals surface area contributed by atoms with Crippen LogP contribution in [0.3, 0.4) is 0 Å². The maximum Gasteiger partial charge on any atom is 0.268 e. The Morgan fingerprint density at radius 3 is 2.53 bits per heavy atom. The van der Waals surface area contributed by atoms with Gasteiger partial charge in [-0.1, -0.05) is 0 Å². The number of primary amides is 1. The van der Waals surface area contributed by atoms with E-state index in [1.807, 2.05) is 4.90 Å². The third-order valence-corrected chi connectivity index (χ3v) is 2.66. The number of hydrogen-bond donors (Lipinski definition) is 2. The van der Waals surface area contributed by atoms with E-state index < -0.39 is 5.91 Å². The van der Waals surface area contributed by atoms with Crippen molar-refractivity contribution in [3.63, 3.8) is 0 Å². The van der Waals surface area contributed by atoms with Crippen LogP contribution in [0.2, 0.25) is 0 Å². The smallest absolute Gasteiger partial charge is 0.268 e. The van der Waals surface area contributed by atoms with Crippen LogP contribution in [0.15, 0.2) is 0 Å². The van der Waals surface area contributed by atoms with Gasteiger partial charge in [0.1, 0.15) is 17.5 Å². The van der Waals surface area contributed by atoms with Gasteiger partial charge in [0.25, 0.3) is 5.91 Å². The van der Waals surface area contributed by atoms with E-state index in [-0.39, 0.29) is 17.1 Å². The van der Waals surface area contributed by atoms with E-state index in [0.717, 1.165) is 25.9 Å². The van der Waals surface area contributed by atoms with Crippen molar-refractivity contribution >= 4 is 17.7 Å². The molecule has 0 atom stereocenters. The number of nitrogen functional groups attached to an aromatic ring is 1. The Labute approximate surface area is 98.0 Å². The Kier molecular flexibility index (Phi) is 2.78. The lowest BCUT2D eigenvalue weighted by Gasteiger charge is -2.16. The Bertz CT molecular complexity index is 500. The molecule has 0 bridgehead atoms. The SMILES string of the molecule is N#Cc1c(N)nc(N2CCCC2)nc1C(N)=O. The summed E-state index contributed by atoms with van der Waals surface area (Å²) in [6.07, 6.45) is 2.10. The zero-order valence-electron chi connectivity index (χ0n) is 9.18. The van der Waals surface area contributed by atoms with Crippen molar-refractivity contribution in [1.82, 2.24) is 9.97 Å². The lowest BCUT2D eigenvalue weighted by atomic mass is 10.2. The number of anilines is 2. The van der Waals surface area contributed by atoms with E-state index in [4.69, 9.17) is 16.7 Å². The first-order chi connectivity index (χ1) is 8.13. The van der Waals surface area contributed by atoms with E-state index in [9.17, 15) is 4.79 Å². The Hall–Kier alpha value is -2.36. The highest BCUT2D eigenvalue weighted by Gasteiger charge is 2.21. The van der Waals surface area contributed by atoms with Crippen molar-refractivity contribution in [3.8, 4) is 6.07 Å². The minimum absolute atomic E-state index is 0.00167. The van der Waals surface area contributed by atoms with Crippen molar-refractivity contribution < 1.29 is 4.79 Å². The van der Waals surface area contributed by atoms with Crippen molar-refractivity contribution in [2.24, 2.45) is 5.73 Å². The van der Waals surface area contributed by atoms with Crippen LogP contribution in [0.5, 0.6) is 0 Å². The van der Waals surface area contributed by atoms with Gasteiger partial charge in [-0.25, -0.2) is 4.98 Å². The molecule has 1 aliphatic rings. The Balaban J connectivity index is 2.50. The second kappa shape index (κ2) is 4.25. The number of nitrogens with zero attached hydrogens (tertiary/aromatic N) is 4. The molecule has 0 spiro atoms. The van der Waals surface area contributed by atoms with Gasteiger partial charge in [-0.2, -0.15) is 10.2 Å². The van der Waals surface area contributed by atoms with Gasteiger partial charge >= 0.3 is 0 Å². The number of rotatable bonds is 2. The highest BCUT2D eigenvalue weighted by molar-refractivity contribution is 5.95. The summed E-state index contributed by atoms with van der Waals surface area (Å²) in [5.41, 5.74) is 10.6. The predicted molar refractivity (Wildman–Crippen MR) is 61.1 cm³/mol. The van der Waals surface area contributed by atoms with Crippen LogP contribution >= 0.6 is 0 Å². The molecule has 1 saturated heterocycles. The molecule has 1 aliphatic heterocycles. The number of hydrogen-bond acceptors (Lipinski definition) is 6. The van der Waals surface area contributed by atoms with Crippen LogP contribution < -0.4 is 16.4 Å². The molecule has 7 nitrogen and oxygen atoms in total. The fourth-order valence-corrected chi connectivity index (χ4v) is 1.81. The van der Waals surface area contributed by atoms with Crippen LogP contribution in [0.1, 0.15) is 28.9 Å². The van der Waals surface area contributed by atoms with E-state index in [2.05, 4.69) is 9.97 Å². The zero-order valence-corrected chi connectivity index (χ0v) is 9.18. The van der Waals surface area contributed by atoms with Gasteiger partial charge in [0, 0.05) is 13.1 Å². The van der Waals surface area contributed by atoms with Crippen LogP contribution in [0.25, 0.3) is 0 Å². The van der Waals surface area contributed by atoms with Crippen LogP contribution in [0, 0.1) is 11.3 Å². The highest BCUT2D eigenvalue weighted by Crippen LogP contribution is 2.20. The first-order valence-electron chi connectivity index (χ1n) is 5.26. The van der Waals surface area contributed by atoms with Crippen LogP contribution in [-0.2, 0) is 0 Å². The van der Waals surface area contributed by atoms with Crippen molar-refractivity contribution in [1.29, 1.82) is 5.26 Å². The normalized spacial score (nSPS) is 14.6. The fourth-order valence-electron chi connectivity index (χ4n) is 1.81. The maximum atomic E-state index is 11.2. The van der Waals surface area contributed by atoms with E-state index in [0.29, 0.717) is 5.95 Å². The molecule has 1 fully saturated rings. The quantitative estimate of drug-likeness (QED) is 0.717. The summed E-state index contributed by atoms with van der Waals surface area (Å²) >= 11 is 0. The molecule has 2 rings (SSSR count). The summed E-state index contributed by atoms with van der Waals surface area (Å²) in [7, 11) is 0. The monoisotopic (exact) mass is 232 g/mol. The van der Waals surface area contributed by atoms with Gasteiger partial charge in [-0.05, 0) is 12.8 Å². The minimum atomic E-state index is -0.768. The van der Waals surface area contributed by atoms with Crippen molar-refractivity contribution in [3.05, 3.63) is 11.3 Å². The highest BCUT2D eigenvalue weighted by atomic mass is 16.1. The molecule has 1 amide bonds. The second-order valence-electron chi connectivity index (χ2n) is 3.80. The number of nitrogens with two attached hydrogens (primary N) is 2. The molecule has 4 N–H and O–H groups in total. The molecule has 0 aliphatic carbocycles. The molecule has 0 unspecified atom stereocenters. The Morgan fingerprint density at radius 1 is 1.35 bits per heavy atom. The predicted octanol–water partition coefficient (Wildman–Crippen LogP) is -0.370. The molecule has 2 heterocycles. The van der Waals surface area contributed by atoms with Gasteiger partial charge in [-0.15, -0.1) is 0 Å². The molecular weight excluding hydrogens is 220 g/mol. The summed E-state index contributed by atoms with van der Waals surface area (Å²) in [5.74, 6) is -0.401. The first-order valence-corrected chi connectivity index (χ1v) is 5.26. The number of nitriles is 1. The summed E-state index contributed by atoms with van der Waals surface area (Å²) in [4.78, 5) is 21.2. The third kappa shape index (κ3) is 1.97. The lowest BCUT2D eigenvalue weighted by molar-refractivity contribution is 0.0995. The van der Waals surface area contributed by atoms with E-state index >= 15 is 0 Å². The summed E-state index contributed by atoms with van der Waals surface area (Å²) in [5, 5.41) is 8.87.